The predicted octanol–water partition coefficient (Wildman–Crippen LogP) is 2.61. The number of aromatic nitrogens is 2. The fraction of sp³-hybridized carbons (Fsp3) is 0.400. The Kier molecular flexibility index (Phi) is 4.58. The summed E-state index contributed by atoms with van der Waals surface area (Å²) in [7, 11) is 3.64. The molecule has 0 aliphatic rings. The van der Waals surface area contributed by atoms with E-state index in [0.717, 1.165) is 30.1 Å². The third-order valence-electron chi connectivity index (χ3n) is 3.19. The molecule has 0 saturated carbocycles. The van der Waals surface area contributed by atoms with Gasteiger partial charge in [0.05, 0.1) is 13.2 Å². The van der Waals surface area contributed by atoms with Crippen molar-refractivity contribution in [3.8, 4) is 5.75 Å². The Bertz CT molecular complexity index is 522. The molecule has 0 spiro atoms. The van der Waals surface area contributed by atoms with Gasteiger partial charge in [0.2, 0.25) is 0 Å². The van der Waals surface area contributed by atoms with Crippen molar-refractivity contribution in [1.29, 1.82) is 0 Å². The normalized spacial score (nSPS) is 12.4. The lowest BCUT2D eigenvalue weighted by Gasteiger charge is -2.18. The van der Waals surface area contributed by atoms with Crippen LogP contribution in [0.4, 0.5) is 0 Å². The summed E-state index contributed by atoms with van der Waals surface area (Å²) in [5, 5.41) is 3.33. The molecule has 1 heterocycles. The first-order valence-corrected chi connectivity index (χ1v) is 6.62. The van der Waals surface area contributed by atoms with E-state index in [1.54, 1.807) is 7.11 Å². The zero-order valence-corrected chi connectivity index (χ0v) is 11.8. The van der Waals surface area contributed by atoms with Crippen molar-refractivity contribution in [3.63, 3.8) is 0 Å². The molecule has 19 heavy (non-hydrogen) atoms. The molecule has 102 valence electrons. The highest BCUT2D eigenvalue weighted by atomic mass is 16.5. The molecule has 0 amide bonds. The van der Waals surface area contributed by atoms with Crippen LogP contribution in [0.2, 0.25) is 0 Å². The molecule has 1 atom stereocenters. The molecular weight excluding hydrogens is 238 g/mol. The summed E-state index contributed by atoms with van der Waals surface area (Å²) >= 11 is 0. The third-order valence-corrected chi connectivity index (χ3v) is 3.19. The average molecular weight is 259 g/mol. The SMILES string of the molecule is CCCn1ccnc1C(NC)c1cccc(OC)c1. The first-order chi connectivity index (χ1) is 9.30. The van der Waals surface area contributed by atoms with Crippen molar-refractivity contribution in [2.24, 2.45) is 0 Å². The lowest BCUT2D eigenvalue weighted by Crippen LogP contribution is -2.22. The molecule has 0 aliphatic heterocycles. The minimum Gasteiger partial charge on any atom is -0.497 e. The molecule has 1 unspecified atom stereocenters. The van der Waals surface area contributed by atoms with Gasteiger partial charge < -0.3 is 14.6 Å². The Morgan fingerprint density at radius 2 is 2.26 bits per heavy atom. The molecule has 1 N–H and O–H groups in total. The highest BCUT2D eigenvalue weighted by molar-refractivity contribution is 5.33. The molecule has 1 aromatic carbocycles. The largest absolute Gasteiger partial charge is 0.497 e. The summed E-state index contributed by atoms with van der Waals surface area (Å²) < 4.78 is 7.48. The Balaban J connectivity index is 2.35. The summed E-state index contributed by atoms with van der Waals surface area (Å²) in [6.45, 7) is 3.15. The highest BCUT2D eigenvalue weighted by Gasteiger charge is 2.17. The lowest BCUT2D eigenvalue weighted by atomic mass is 10.1. The molecule has 0 fully saturated rings. The lowest BCUT2D eigenvalue weighted by molar-refractivity contribution is 0.413. The van der Waals surface area contributed by atoms with Crippen LogP contribution in [0.15, 0.2) is 36.7 Å². The maximum absolute atomic E-state index is 5.29. The van der Waals surface area contributed by atoms with Gasteiger partial charge in [-0.2, -0.15) is 0 Å². The quantitative estimate of drug-likeness (QED) is 0.866. The van der Waals surface area contributed by atoms with Gasteiger partial charge in [0.1, 0.15) is 11.6 Å². The maximum atomic E-state index is 5.29. The van der Waals surface area contributed by atoms with E-state index in [1.165, 1.54) is 0 Å². The molecule has 0 aliphatic carbocycles. The van der Waals surface area contributed by atoms with Crippen LogP contribution < -0.4 is 10.1 Å². The van der Waals surface area contributed by atoms with E-state index in [0.29, 0.717) is 0 Å². The Morgan fingerprint density at radius 1 is 1.42 bits per heavy atom. The summed E-state index contributed by atoms with van der Waals surface area (Å²) in [6, 6.07) is 8.18. The first kappa shape index (κ1) is 13.6. The van der Waals surface area contributed by atoms with E-state index >= 15 is 0 Å². The van der Waals surface area contributed by atoms with Crippen molar-refractivity contribution in [2.45, 2.75) is 25.9 Å². The molecule has 0 radical (unpaired) electrons. The van der Waals surface area contributed by atoms with Gasteiger partial charge in [0.15, 0.2) is 0 Å². The van der Waals surface area contributed by atoms with Gasteiger partial charge in [-0.1, -0.05) is 19.1 Å². The number of ether oxygens (including phenoxy) is 1. The van der Waals surface area contributed by atoms with Crippen LogP contribution in [-0.4, -0.2) is 23.7 Å². The number of hydrogen-bond acceptors (Lipinski definition) is 3. The van der Waals surface area contributed by atoms with Crippen molar-refractivity contribution < 1.29 is 4.74 Å². The third kappa shape index (κ3) is 2.96. The molecule has 0 saturated heterocycles. The van der Waals surface area contributed by atoms with E-state index in [4.69, 9.17) is 4.74 Å². The molecule has 4 heteroatoms. The maximum Gasteiger partial charge on any atom is 0.130 e. The van der Waals surface area contributed by atoms with Crippen LogP contribution in [0.3, 0.4) is 0 Å². The van der Waals surface area contributed by atoms with Crippen molar-refractivity contribution in [3.05, 3.63) is 48.0 Å². The highest BCUT2D eigenvalue weighted by Crippen LogP contribution is 2.24. The van der Waals surface area contributed by atoms with Crippen molar-refractivity contribution in [2.75, 3.05) is 14.2 Å². The van der Waals surface area contributed by atoms with Gasteiger partial charge >= 0.3 is 0 Å². The van der Waals surface area contributed by atoms with Crippen LogP contribution in [-0.2, 0) is 6.54 Å². The Hall–Kier alpha value is -1.81. The van der Waals surface area contributed by atoms with Crippen molar-refractivity contribution in [1.82, 2.24) is 14.9 Å². The molecule has 0 bridgehead atoms. The standard InChI is InChI=1S/C15H21N3O/c1-4-9-18-10-8-17-15(18)14(16-2)12-6-5-7-13(11-12)19-3/h5-8,10-11,14,16H,4,9H2,1-3H3. The summed E-state index contributed by atoms with van der Waals surface area (Å²) in [4.78, 5) is 4.50. The van der Waals surface area contributed by atoms with Gasteiger partial charge in [-0.15, -0.1) is 0 Å². The molecule has 2 aromatic rings. The van der Waals surface area contributed by atoms with Crippen LogP contribution in [0, 0.1) is 0 Å². The van der Waals surface area contributed by atoms with E-state index in [9.17, 15) is 0 Å². The van der Waals surface area contributed by atoms with E-state index in [1.807, 2.05) is 37.6 Å². The van der Waals surface area contributed by atoms with E-state index in [-0.39, 0.29) is 6.04 Å². The second kappa shape index (κ2) is 6.38. The average Bonchev–Trinajstić information content (AvgIpc) is 2.89. The number of hydrogen-bond donors (Lipinski definition) is 1. The zero-order chi connectivity index (χ0) is 13.7. The first-order valence-electron chi connectivity index (χ1n) is 6.62. The number of nitrogens with one attached hydrogen (secondary N) is 1. The smallest absolute Gasteiger partial charge is 0.130 e. The summed E-state index contributed by atoms with van der Waals surface area (Å²) in [5.41, 5.74) is 1.16. The Labute approximate surface area is 114 Å². The van der Waals surface area contributed by atoms with Gasteiger partial charge in [-0.25, -0.2) is 4.98 Å². The number of aryl methyl sites for hydroxylation is 1. The van der Waals surface area contributed by atoms with Crippen LogP contribution >= 0.6 is 0 Å². The fourth-order valence-electron chi connectivity index (χ4n) is 2.28. The second-order valence-electron chi connectivity index (χ2n) is 4.48. The van der Waals surface area contributed by atoms with Gasteiger partial charge in [-0.05, 0) is 31.2 Å². The number of imidazole rings is 1. The summed E-state index contributed by atoms with van der Waals surface area (Å²) in [5.74, 6) is 1.91. The van der Waals surface area contributed by atoms with E-state index in [2.05, 4.69) is 27.9 Å². The number of methoxy groups -OCH3 is 1. The predicted molar refractivity (Wildman–Crippen MR) is 76.4 cm³/mol. The zero-order valence-electron chi connectivity index (χ0n) is 11.8. The van der Waals surface area contributed by atoms with Crippen molar-refractivity contribution >= 4 is 0 Å². The topological polar surface area (TPSA) is 39.1 Å². The van der Waals surface area contributed by atoms with Crippen LogP contribution in [0.25, 0.3) is 0 Å². The molecule has 2 rings (SSSR count). The van der Waals surface area contributed by atoms with Gasteiger partial charge in [-0.3, -0.25) is 0 Å². The van der Waals surface area contributed by atoms with Gasteiger partial charge in [0, 0.05) is 18.9 Å². The van der Waals surface area contributed by atoms with Crippen LogP contribution in [0.1, 0.15) is 30.8 Å². The molecule has 4 nitrogen and oxygen atoms in total. The minimum absolute atomic E-state index is 0.0802. The molecular formula is C15H21N3O. The number of rotatable bonds is 6. The Morgan fingerprint density at radius 3 is 2.95 bits per heavy atom. The molecule has 1 aromatic heterocycles. The monoisotopic (exact) mass is 259 g/mol. The van der Waals surface area contributed by atoms with Crippen LogP contribution in [0.5, 0.6) is 5.75 Å². The van der Waals surface area contributed by atoms with E-state index < -0.39 is 0 Å². The van der Waals surface area contributed by atoms with Gasteiger partial charge in [0.25, 0.3) is 0 Å². The minimum atomic E-state index is 0.0802. The second-order valence-corrected chi connectivity index (χ2v) is 4.48. The summed E-state index contributed by atoms with van der Waals surface area (Å²) in [6.07, 6.45) is 4.98. The number of nitrogens with zero attached hydrogens (tertiary/aromatic N) is 2. The fourth-order valence-corrected chi connectivity index (χ4v) is 2.28. The number of benzene rings is 1.